The van der Waals surface area contributed by atoms with Crippen LogP contribution in [0.25, 0.3) is 22.4 Å². The van der Waals surface area contributed by atoms with E-state index in [0.717, 1.165) is 16.8 Å². The first-order chi connectivity index (χ1) is 11.2. The summed E-state index contributed by atoms with van der Waals surface area (Å²) in [5.41, 5.74) is 8.39. The molecule has 23 heavy (non-hydrogen) atoms. The van der Waals surface area contributed by atoms with Crippen molar-refractivity contribution in [2.75, 3.05) is 7.11 Å². The number of benzene rings is 2. The quantitative estimate of drug-likeness (QED) is 0.737. The number of nitrogens with zero attached hydrogens (tertiary/aromatic N) is 2. The summed E-state index contributed by atoms with van der Waals surface area (Å²) in [6.07, 6.45) is 1.79. The number of hydrogen-bond donors (Lipinski definition) is 1. The number of aromatic nitrogens is 2. The fourth-order valence-corrected chi connectivity index (χ4v) is 2.64. The van der Waals surface area contributed by atoms with Gasteiger partial charge in [-0.25, -0.2) is 4.98 Å². The molecule has 0 bridgehead atoms. The summed E-state index contributed by atoms with van der Waals surface area (Å²) in [6, 6.07) is 12.9. The molecule has 0 aliphatic heterocycles. The summed E-state index contributed by atoms with van der Waals surface area (Å²) < 4.78 is 7.28. The van der Waals surface area contributed by atoms with E-state index in [9.17, 15) is 4.79 Å². The van der Waals surface area contributed by atoms with E-state index in [0.29, 0.717) is 23.5 Å². The fraction of sp³-hybridized carbons (Fsp3) is 0.111. The zero-order valence-corrected chi connectivity index (χ0v) is 12.8. The number of carbonyl (C=O) groups is 1. The van der Waals surface area contributed by atoms with E-state index in [1.54, 1.807) is 25.3 Å². The third kappa shape index (κ3) is 2.57. The number of hydrogen-bond acceptors (Lipinski definition) is 3. The second-order valence-electron chi connectivity index (χ2n) is 5.10. The first-order valence-corrected chi connectivity index (χ1v) is 7.20. The van der Waals surface area contributed by atoms with Crippen molar-refractivity contribution in [1.82, 2.24) is 9.55 Å². The molecule has 1 amide bonds. The van der Waals surface area contributed by atoms with Gasteiger partial charge in [-0.1, -0.05) is 24.3 Å². The molecule has 3 rings (SSSR count). The van der Waals surface area contributed by atoms with Gasteiger partial charge in [-0.05, 0) is 18.2 Å². The van der Waals surface area contributed by atoms with Crippen LogP contribution in [0, 0.1) is 0 Å². The van der Waals surface area contributed by atoms with Crippen LogP contribution in [-0.2, 0) is 6.54 Å². The lowest BCUT2D eigenvalue weighted by Gasteiger charge is -2.09. The largest absolute Gasteiger partial charge is 0.497 e. The molecule has 5 heteroatoms. The van der Waals surface area contributed by atoms with Crippen molar-refractivity contribution in [3.8, 4) is 17.1 Å². The summed E-state index contributed by atoms with van der Waals surface area (Å²) in [6.45, 7) is 4.37. The number of ether oxygens (including phenoxy) is 1. The Morgan fingerprint density at radius 1 is 1.35 bits per heavy atom. The molecule has 0 saturated heterocycles. The van der Waals surface area contributed by atoms with Gasteiger partial charge in [-0.3, -0.25) is 4.79 Å². The minimum Gasteiger partial charge on any atom is -0.497 e. The number of rotatable bonds is 5. The number of fused-ring (bicyclic) bond motifs is 1. The summed E-state index contributed by atoms with van der Waals surface area (Å²) in [4.78, 5) is 16.4. The van der Waals surface area contributed by atoms with Gasteiger partial charge in [0, 0.05) is 18.2 Å². The van der Waals surface area contributed by atoms with Crippen LogP contribution in [0.3, 0.4) is 0 Å². The molecule has 116 valence electrons. The summed E-state index contributed by atoms with van der Waals surface area (Å²) in [5, 5.41) is 0. The molecule has 1 aromatic heterocycles. The second-order valence-corrected chi connectivity index (χ2v) is 5.10. The Morgan fingerprint density at radius 3 is 2.83 bits per heavy atom. The first-order valence-electron chi connectivity index (χ1n) is 7.20. The molecule has 0 aliphatic rings. The molecule has 2 aromatic carbocycles. The van der Waals surface area contributed by atoms with Gasteiger partial charge in [0.2, 0.25) is 5.91 Å². The van der Waals surface area contributed by atoms with Crippen molar-refractivity contribution < 1.29 is 9.53 Å². The normalized spacial score (nSPS) is 10.7. The van der Waals surface area contributed by atoms with Gasteiger partial charge in [-0.2, -0.15) is 0 Å². The molecule has 0 unspecified atom stereocenters. The molecule has 0 aliphatic carbocycles. The predicted octanol–water partition coefficient (Wildman–Crippen LogP) is 3.00. The third-order valence-corrected chi connectivity index (χ3v) is 3.70. The van der Waals surface area contributed by atoms with Crippen LogP contribution in [0.5, 0.6) is 5.75 Å². The Hall–Kier alpha value is -3.08. The lowest BCUT2D eigenvalue weighted by atomic mass is 10.1. The van der Waals surface area contributed by atoms with Crippen molar-refractivity contribution >= 4 is 16.9 Å². The topological polar surface area (TPSA) is 70.1 Å². The van der Waals surface area contributed by atoms with Crippen molar-refractivity contribution in [3.63, 3.8) is 0 Å². The number of amides is 1. The number of primary amides is 1. The zero-order chi connectivity index (χ0) is 16.4. The van der Waals surface area contributed by atoms with Gasteiger partial charge in [-0.15, -0.1) is 6.58 Å². The second kappa shape index (κ2) is 5.96. The van der Waals surface area contributed by atoms with E-state index in [1.807, 2.05) is 34.9 Å². The molecular formula is C18H17N3O2. The van der Waals surface area contributed by atoms with Crippen LogP contribution < -0.4 is 10.5 Å². The minimum atomic E-state index is -0.476. The molecule has 3 aromatic rings. The summed E-state index contributed by atoms with van der Waals surface area (Å²) >= 11 is 0. The molecule has 1 heterocycles. The van der Waals surface area contributed by atoms with Crippen molar-refractivity contribution in [3.05, 3.63) is 60.7 Å². The molecule has 0 saturated carbocycles. The smallest absolute Gasteiger partial charge is 0.249 e. The van der Waals surface area contributed by atoms with Crippen molar-refractivity contribution in [2.24, 2.45) is 5.73 Å². The minimum absolute atomic E-state index is 0.445. The number of allylic oxidation sites excluding steroid dienone is 1. The highest BCUT2D eigenvalue weighted by molar-refractivity contribution is 5.99. The monoisotopic (exact) mass is 307 g/mol. The van der Waals surface area contributed by atoms with Crippen LogP contribution in [0.1, 0.15) is 10.4 Å². The van der Waals surface area contributed by atoms with Crippen molar-refractivity contribution in [2.45, 2.75) is 6.54 Å². The molecule has 2 N–H and O–H groups in total. The number of imidazole rings is 1. The molecule has 0 spiro atoms. The molecule has 5 nitrogen and oxygen atoms in total. The molecule has 0 atom stereocenters. The van der Waals surface area contributed by atoms with Crippen LogP contribution in [0.2, 0.25) is 0 Å². The Bertz CT molecular complexity index is 896. The highest BCUT2D eigenvalue weighted by atomic mass is 16.5. The highest BCUT2D eigenvalue weighted by Crippen LogP contribution is 2.29. The van der Waals surface area contributed by atoms with Crippen LogP contribution in [0.15, 0.2) is 55.1 Å². The molecule has 0 radical (unpaired) electrons. The lowest BCUT2D eigenvalue weighted by Crippen LogP contribution is -2.13. The van der Waals surface area contributed by atoms with Gasteiger partial charge in [0.05, 0.1) is 23.7 Å². The van der Waals surface area contributed by atoms with Gasteiger partial charge in [0.15, 0.2) is 0 Å². The maximum Gasteiger partial charge on any atom is 0.249 e. The van der Waals surface area contributed by atoms with E-state index in [4.69, 9.17) is 10.5 Å². The van der Waals surface area contributed by atoms with E-state index >= 15 is 0 Å². The Balaban J connectivity index is 2.31. The van der Waals surface area contributed by atoms with Gasteiger partial charge in [0.25, 0.3) is 0 Å². The standard InChI is InChI=1S/C18H17N3O2/c1-3-10-21-16-11-12(23-2)8-9-15(16)20-18(21)14-7-5-4-6-13(14)17(19)22/h3-9,11H,1,10H2,2H3,(H2,19,22). The molecule has 0 fully saturated rings. The SMILES string of the molecule is C=CCn1c(-c2ccccc2C(N)=O)nc2ccc(OC)cc21. The summed E-state index contributed by atoms with van der Waals surface area (Å²) in [7, 11) is 1.62. The first kappa shape index (κ1) is 14.8. The van der Waals surface area contributed by atoms with Crippen molar-refractivity contribution in [1.29, 1.82) is 0 Å². The Kier molecular flexibility index (Phi) is 3.85. The number of methoxy groups -OCH3 is 1. The van der Waals surface area contributed by atoms with E-state index in [1.165, 1.54) is 0 Å². The number of carbonyl (C=O) groups excluding carboxylic acids is 1. The predicted molar refractivity (Wildman–Crippen MR) is 90.4 cm³/mol. The van der Waals surface area contributed by atoms with E-state index < -0.39 is 5.91 Å². The van der Waals surface area contributed by atoms with E-state index in [-0.39, 0.29) is 0 Å². The van der Waals surface area contributed by atoms with Gasteiger partial charge < -0.3 is 15.0 Å². The molecular weight excluding hydrogens is 290 g/mol. The van der Waals surface area contributed by atoms with Gasteiger partial charge >= 0.3 is 0 Å². The average Bonchev–Trinajstić information content (AvgIpc) is 2.93. The number of nitrogens with two attached hydrogens (primary N) is 1. The third-order valence-electron chi connectivity index (χ3n) is 3.70. The maximum atomic E-state index is 11.7. The van der Waals surface area contributed by atoms with E-state index in [2.05, 4.69) is 11.6 Å². The van der Waals surface area contributed by atoms with Crippen LogP contribution >= 0.6 is 0 Å². The lowest BCUT2D eigenvalue weighted by molar-refractivity contribution is 0.100. The Morgan fingerprint density at radius 2 is 2.13 bits per heavy atom. The highest BCUT2D eigenvalue weighted by Gasteiger charge is 2.17. The zero-order valence-electron chi connectivity index (χ0n) is 12.8. The maximum absolute atomic E-state index is 11.7. The fourth-order valence-electron chi connectivity index (χ4n) is 2.64. The average molecular weight is 307 g/mol. The Labute approximate surface area is 134 Å². The van der Waals surface area contributed by atoms with Crippen LogP contribution in [0.4, 0.5) is 0 Å². The van der Waals surface area contributed by atoms with Gasteiger partial charge in [0.1, 0.15) is 11.6 Å². The van der Waals surface area contributed by atoms with Crippen LogP contribution in [-0.4, -0.2) is 22.6 Å². The summed E-state index contributed by atoms with van der Waals surface area (Å²) in [5.74, 6) is 0.954.